The first-order valence-electron chi connectivity index (χ1n) is 16.8. The highest BCUT2D eigenvalue weighted by atomic mass is 16.3. The first-order chi connectivity index (χ1) is 24.7. The van der Waals surface area contributed by atoms with Gasteiger partial charge in [0.1, 0.15) is 11.2 Å². The van der Waals surface area contributed by atoms with E-state index in [0.717, 1.165) is 60.9 Å². The smallest absolute Gasteiger partial charge is 0.164 e. The van der Waals surface area contributed by atoms with Crippen LogP contribution in [0.3, 0.4) is 0 Å². The van der Waals surface area contributed by atoms with Crippen LogP contribution in [0.5, 0.6) is 0 Å². The number of aryl methyl sites for hydroxylation is 1. The molecule has 9 aromatic rings. The average molecular weight is 642 g/mol. The molecule has 0 amide bonds. The Labute approximate surface area is 290 Å². The largest absolute Gasteiger partial charge is 0.456 e. The van der Waals surface area contributed by atoms with Crippen molar-refractivity contribution in [3.05, 3.63) is 175 Å². The van der Waals surface area contributed by atoms with Crippen LogP contribution in [0.15, 0.2) is 174 Å². The first-order valence-corrected chi connectivity index (χ1v) is 16.8. The summed E-state index contributed by atoms with van der Waals surface area (Å²) < 4.78 is 6.21. The summed E-state index contributed by atoms with van der Waals surface area (Å²) >= 11 is 0. The van der Waals surface area contributed by atoms with Crippen LogP contribution in [0, 0.1) is 6.92 Å². The monoisotopic (exact) mass is 641 g/mol. The fourth-order valence-electron chi connectivity index (χ4n) is 6.63. The van der Waals surface area contributed by atoms with Crippen LogP contribution in [0.4, 0.5) is 0 Å². The molecule has 2 heterocycles. The van der Waals surface area contributed by atoms with Crippen molar-refractivity contribution >= 4 is 21.9 Å². The summed E-state index contributed by atoms with van der Waals surface area (Å²) in [4.78, 5) is 15.0. The minimum Gasteiger partial charge on any atom is -0.456 e. The second-order valence-corrected chi connectivity index (χ2v) is 12.6. The summed E-state index contributed by atoms with van der Waals surface area (Å²) in [6.45, 7) is 2.11. The van der Waals surface area contributed by atoms with E-state index in [-0.39, 0.29) is 0 Å². The third-order valence-corrected chi connectivity index (χ3v) is 9.24. The highest BCUT2D eigenvalue weighted by molar-refractivity contribution is 6.12. The van der Waals surface area contributed by atoms with Crippen LogP contribution < -0.4 is 0 Å². The maximum atomic E-state index is 6.21. The zero-order valence-corrected chi connectivity index (χ0v) is 27.4. The molecule has 0 spiro atoms. The van der Waals surface area contributed by atoms with E-state index < -0.39 is 0 Å². The van der Waals surface area contributed by atoms with Gasteiger partial charge in [-0.1, -0.05) is 157 Å². The quantitative estimate of drug-likeness (QED) is 0.181. The molecule has 0 aliphatic carbocycles. The summed E-state index contributed by atoms with van der Waals surface area (Å²) in [6, 6.07) is 58.7. The third-order valence-electron chi connectivity index (χ3n) is 9.24. The first kappa shape index (κ1) is 29.5. The molecule has 9 rings (SSSR count). The molecule has 0 unspecified atom stereocenters. The highest BCUT2D eigenvalue weighted by Gasteiger charge is 2.16. The van der Waals surface area contributed by atoms with Crippen LogP contribution in [0.2, 0.25) is 0 Å². The molecule has 0 bridgehead atoms. The zero-order valence-electron chi connectivity index (χ0n) is 27.4. The lowest BCUT2D eigenvalue weighted by Crippen LogP contribution is -2.00. The van der Waals surface area contributed by atoms with Crippen molar-refractivity contribution in [2.24, 2.45) is 0 Å². The lowest BCUT2D eigenvalue weighted by atomic mass is 9.98. The van der Waals surface area contributed by atoms with Crippen molar-refractivity contribution in [3.8, 4) is 67.5 Å². The molecule has 0 fully saturated rings. The Balaban J connectivity index is 1.12. The van der Waals surface area contributed by atoms with E-state index in [9.17, 15) is 0 Å². The van der Waals surface area contributed by atoms with Gasteiger partial charge >= 0.3 is 0 Å². The molecule has 0 saturated heterocycles. The van der Waals surface area contributed by atoms with Gasteiger partial charge in [0.05, 0.1) is 0 Å². The minimum atomic E-state index is 0.624. The molecule has 0 atom stereocenters. The Morgan fingerprint density at radius 1 is 0.360 bits per heavy atom. The van der Waals surface area contributed by atoms with E-state index in [1.807, 2.05) is 18.2 Å². The van der Waals surface area contributed by atoms with Gasteiger partial charge in [-0.05, 0) is 58.5 Å². The van der Waals surface area contributed by atoms with E-state index in [1.165, 1.54) is 16.7 Å². The second-order valence-electron chi connectivity index (χ2n) is 12.6. The topological polar surface area (TPSA) is 51.8 Å². The lowest BCUT2D eigenvalue weighted by Gasteiger charge is -2.10. The van der Waals surface area contributed by atoms with Crippen LogP contribution in [-0.2, 0) is 0 Å². The number of aromatic nitrogens is 3. The summed E-state index contributed by atoms with van der Waals surface area (Å²) in [5.74, 6) is 1.88. The highest BCUT2D eigenvalue weighted by Crippen LogP contribution is 2.38. The Hall–Kier alpha value is -6.65. The number of hydrogen-bond donors (Lipinski definition) is 0. The van der Waals surface area contributed by atoms with E-state index in [4.69, 9.17) is 19.4 Å². The summed E-state index contributed by atoms with van der Waals surface area (Å²) in [5, 5.41) is 2.25. The molecule has 0 aliphatic rings. The van der Waals surface area contributed by atoms with E-state index in [0.29, 0.717) is 17.5 Å². The molecule has 0 aliphatic heterocycles. The van der Waals surface area contributed by atoms with Crippen molar-refractivity contribution in [1.29, 1.82) is 0 Å². The van der Waals surface area contributed by atoms with Crippen molar-refractivity contribution in [3.63, 3.8) is 0 Å². The van der Waals surface area contributed by atoms with Crippen molar-refractivity contribution < 1.29 is 4.42 Å². The average Bonchev–Trinajstić information content (AvgIpc) is 3.57. The van der Waals surface area contributed by atoms with Crippen molar-refractivity contribution in [2.45, 2.75) is 6.92 Å². The third kappa shape index (κ3) is 5.53. The Morgan fingerprint density at radius 3 is 1.30 bits per heavy atom. The van der Waals surface area contributed by atoms with Gasteiger partial charge in [-0.3, -0.25) is 0 Å². The Bertz CT molecular complexity index is 2510. The van der Waals surface area contributed by atoms with Gasteiger partial charge in [0.15, 0.2) is 17.5 Å². The molecule has 7 aromatic carbocycles. The predicted molar refractivity (Wildman–Crippen MR) is 204 cm³/mol. The van der Waals surface area contributed by atoms with Crippen LogP contribution in [0.1, 0.15) is 5.56 Å². The minimum absolute atomic E-state index is 0.624. The molecule has 50 heavy (non-hydrogen) atoms. The number of rotatable bonds is 6. The molecule has 0 saturated carbocycles. The predicted octanol–water partition coefficient (Wildman–Crippen LogP) is 12.1. The van der Waals surface area contributed by atoms with Gasteiger partial charge < -0.3 is 4.42 Å². The maximum absolute atomic E-state index is 6.21. The molecular weight excluding hydrogens is 611 g/mol. The van der Waals surface area contributed by atoms with E-state index >= 15 is 0 Å². The van der Waals surface area contributed by atoms with Gasteiger partial charge in [0, 0.05) is 27.5 Å². The molecule has 0 radical (unpaired) electrons. The van der Waals surface area contributed by atoms with Crippen molar-refractivity contribution in [1.82, 2.24) is 15.0 Å². The molecule has 4 nitrogen and oxygen atoms in total. The standard InChI is InChI=1S/C46H31N3O/c1-30-15-28-41-40(29-30)43-39(13-8-14-42(43)50-41)35-20-26-38(27-21-35)46-48-44(36-22-16-33(17-23-36)31-9-4-2-5-10-31)47-45(49-46)37-24-18-34(19-25-37)32-11-6-3-7-12-32/h2-29H,1H3. The number of hydrogen-bond acceptors (Lipinski definition) is 4. The number of nitrogens with zero attached hydrogens (tertiary/aromatic N) is 3. The van der Waals surface area contributed by atoms with E-state index in [1.54, 1.807) is 0 Å². The molecule has 2 aromatic heterocycles. The summed E-state index contributed by atoms with van der Waals surface area (Å²) in [6.07, 6.45) is 0. The lowest BCUT2D eigenvalue weighted by molar-refractivity contribution is 0.669. The molecule has 4 heteroatoms. The fourth-order valence-corrected chi connectivity index (χ4v) is 6.63. The Kier molecular flexibility index (Phi) is 7.33. The van der Waals surface area contributed by atoms with Gasteiger partial charge in [-0.25, -0.2) is 15.0 Å². The van der Waals surface area contributed by atoms with Gasteiger partial charge in [-0.15, -0.1) is 0 Å². The van der Waals surface area contributed by atoms with Gasteiger partial charge in [0.2, 0.25) is 0 Å². The van der Waals surface area contributed by atoms with Crippen LogP contribution in [0.25, 0.3) is 89.5 Å². The SMILES string of the molecule is Cc1ccc2oc3cccc(-c4ccc(-c5nc(-c6ccc(-c7ccccc7)cc6)nc(-c6ccc(-c7ccccc7)cc6)n5)cc4)c3c2c1. The summed E-state index contributed by atoms with van der Waals surface area (Å²) in [5.41, 5.74) is 12.6. The molecular formula is C46H31N3O. The molecule has 0 N–H and O–H groups in total. The Morgan fingerprint density at radius 2 is 0.800 bits per heavy atom. The maximum Gasteiger partial charge on any atom is 0.164 e. The number of fused-ring (bicyclic) bond motifs is 3. The second kappa shape index (κ2) is 12.4. The fraction of sp³-hybridized carbons (Fsp3) is 0.0217. The number of benzene rings is 7. The molecule has 236 valence electrons. The number of furan rings is 1. The van der Waals surface area contributed by atoms with Gasteiger partial charge in [-0.2, -0.15) is 0 Å². The van der Waals surface area contributed by atoms with Crippen LogP contribution in [-0.4, -0.2) is 15.0 Å². The van der Waals surface area contributed by atoms with Crippen LogP contribution >= 0.6 is 0 Å². The van der Waals surface area contributed by atoms with Crippen molar-refractivity contribution in [2.75, 3.05) is 0 Å². The van der Waals surface area contributed by atoms with Gasteiger partial charge in [0.25, 0.3) is 0 Å². The normalized spacial score (nSPS) is 11.3. The zero-order chi connectivity index (χ0) is 33.4. The van der Waals surface area contributed by atoms with E-state index in [2.05, 4.69) is 159 Å². The summed E-state index contributed by atoms with van der Waals surface area (Å²) in [7, 11) is 0.